The number of amides is 2. The smallest absolute Gasteiger partial charge is 0.331 e. The van der Waals surface area contributed by atoms with E-state index >= 15 is 0 Å². The molecule has 192 valence electrons. The second-order valence-corrected chi connectivity index (χ2v) is 9.88. The highest BCUT2D eigenvalue weighted by molar-refractivity contribution is 6.53. The molecule has 0 saturated heterocycles. The zero-order chi connectivity index (χ0) is 27.1. The summed E-state index contributed by atoms with van der Waals surface area (Å²) >= 11 is 0. The monoisotopic (exact) mass is 506 g/mol. The van der Waals surface area contributed by atoms with Crippen LogP contribution in [0.2, 0.25) is 0 Å². The molecule has 7 heteroatoms. The van der Waals surface area contributed by atoms with Gasteiger partial charge in [0.1, 0.15) is 5.57 Å². The normalized spacial score (nSPS) is 13.7. The summed E-state index contributed by atoms with van der Waals surface area (Å²) in [5, 5.41) is 18.8. The number of benzene rings is 2. The minimum absolute atomic E-state index is 0.0802. The third-order valence-electron chi connectivity index (χ3n) is 6.76. The molecular weight excluding hydrogens is 476 g/mol. The third-order valence-corrected chi connectivity index (χ3v) is 6.76. The molecule has 4 aromatic rings. The summed E-state index contributed by atoms with van der Waals surface area (Å²) < 4.78 is 3.01. The van der Waals surface area contributed by atoms with Crippen molar-refractivity contribution in [1.82, 2.24) is 9.78 Å². The van der Waals surface area contributed by atoms with E-state index in [0.717, 1.165) is 33.6 Å². The largest absolute Gasteiger partial charge is 0.858 e. The van der Waals surface area contributed by atoms with Gasteiger partial charge >= 0.3 is 5.91 Å². The average Bonchev–Trinajstić information content (AvgIpc) is 3.31. The highest BCUT2D eigenvalue weighted by Gasteiger charge is 2.47. The number of hydrogen-bond acceptors (Lipinski definition) is 4. The van der Waals surface area contributed by atoms with Gasteiger partial charge in [-0.15, -0.1) is 0 Å². The van der Waals surface area contributed by atoms with Crippen molar-refractivity contribution in [3.63, 3.8) is 0 Å². The molecule has 0 radical (unpaired) electrons. The number of imide groups is 1. The fourth-order valence-electron chi connectivity index (χ4n) is 5.03. The number of aryl methyl sites for hydroxylation is 5. The van der Waals surface area contributed by atoms with Crippen LogP contribution in [-0.4, -0.2) is 21.6 Å². The Morgan fingerprint density at radius 2 is 1.63 bits per heavy atom. The zero-order valence-corrected chi connectivity index (χ0v) is 22.3. The van der Waals surface area contributed by atoms with E-state index in [0.29, 0.717) is 23.5 Å². The summed E-state index contributed by atoms with van der Waals surface area (Å²) in [5.74, 6) is -1.42. The van der Waals surface area contributed by atoms with E-state index < -0.39 is 17.7 Å². The maximum absolute atomic E-state index is 14.1. The van der Waals surface area contributed by atoms with Crippen LogP contribution in [0, 0.1) is 27.7 Å². The average molecular weight is 507 g/mol. The van der Waals surface area contributed by atoms with Crippen LogP contribution in [-0.2, 0) is 16.0 Å². The second-order valence-electron chi connectivity index (χ2n) is 9.88. The first-order chi connectivity index (χ1) is 18.2. The standard InChI is InChI=1S/C31H30N4O3/c1-6-9-24-26(30(37)35(32-24)25-14-13-20(3)16-22(25)5)27-28(33-15-8-11-21(4)18-33)31(38)34(29(27)36)23-12-7-10-19(2)17-23/h7-8,10-18H,6,9H2,1-5H3. The van der Waals surface area contributed by atoms with Gasteiger partial charge in [-0.1, -0.05) is 43.2 Å². The number of nitrogens with zero attached hydrogens (tertiary/aromatic N) is 4. The minimum atomic E-state index is -0.528. The maximum atomic E-state index is 14.1. The molecule has 5 rings (SSSR count). The Morgan fingerprint density at radius 3 is 2.32 bits per heavy atom. The summed E-state index contributed by atoms with van der Waals surface area (Å²) in [5.41, 5.74) is 5.84. The highest BCUT2D eigenvalue weighted by atomic mass is 16.3. The van der Waals surface area contributed by atoms with Crippen molar-refractivity contribution in [3.8, 4) is 11.6 Å². The number of carbonyl (C=O) groups is 2. The first-order valence-electron chi connectivity index (χ1n) is 12.8. The maximum Gasteiger partial charge on any atom is 0.331 e. The van der Waals surface area contributed by atoms with Gasteiger partial charge < -0.3 is 5.11 Å². The summed E-state index contributed by atoms with van der Waals surface area (Å²) in [4.78, 5) is 29.3. The van der Waals surface area contributed by atoms with Gasteiger partial charge in [0.05, 0.1) is 17.1 Å². The van der Waals surface area contributed by atoms with E-state index in [4.69, 9.17) is 5.10 Å². The fraction of sp³-hybridized carbons (Fsp3) is 0.226. The summed E-state index contributed by atoms with van der Waals surface area (Å²) in [6.07, 6.45) is 4.73. The Hall–Kier alpha value is -4.52. The summed E-state index contributed by atoms with van der Waals surface area (Å²) in [6, 6.07) is 16.8. The van der Waals surface area contributed by atoms with Crippen molar-refractivity contribution < 1.29 is 19.3 Å². The minimum Gasteiger partial charge on any atom is -0.858 e. The van der Waals surface area contributed by atoms with Crippen molar-refractivity contribution in [2.45, 2.75) is 47.5 Å². The second kappa shape index (κ2) is 9.74. The highest BCUT2D eigenvalue weighted by Crippen LogP contribution is 2.39. The van der Waals surface area contributed by atoms with Crippen LogP contribution in [0.1, 0.15) is 46.9 Å². The number of carbonyl (C=O) groups excluding carboxylic acids is 2. The van der Waals surface area contributed by atoms with Crippen LogP contribution >= 0.6 is 0 Å². The summed E-state index contributed by atoms with van der Waals surface area (Å²) in [6.45, 7) is 9.73. The van der Waals surface area contributed by atoms with Crippen LogP contribution in [0.5, 0.6) is 5.88 Å². The third kappa shape index (κ3) is 4.20. The number of hydrogen-bond donors (Lipinski definition) is 0. The molecule has 0 bridgehead atoms. The number of anilines is 1. The SMILES string of the molecule is CCCc1nn(-c2ccc(C)cc2C)c([O-])c1C1=C([n+]2cccc(C)c2)C(=O)N(c2cccc(C)c2)C1=O. The fourth-order valence-corrected chi connectivity index (χ4v) is 5.03. The Bertz CT molecular complexity index is 1630. The van der Waals surface area contributed by atoms with Crippen LogP contribution in [0.15, 0.2) is 67.0 Å². The molecule has 38 heavy (non-hydrogen) atoms. The van der Waals surface area contributed by atoms with Gasteiger partial charge in [0.2, 0.25) is 0 Å². The van der Waals surface area contributed by atoms with E-state index in [-0.39, 0.29) is 16.8 Å². The predicted molar refractivity (Wildman–Crippen MR) is 145 cm³/mol. The van der Waals surface area contributed by atoms with Gasteiger partial charge in [-0.05, 0) is 75.4 Å². The number of aromatic nitrogens is 3. The topological polar surface area (TPSA) is 82.1 Å². The molecule has 0 spiro atoms. The van der Waals surface area contributed by atoms with Crippen molar-refractivity contribution in [1.29, 1.82) is 0 Å². The molecule has 0 fully saturated rings. The Labute approximate surface area is 222 Å². The molecule has 0 saturated carbocycles. The van der Waals surface area contributed by atoms with Crippen molar-refractivity contribution in [2.24, 2.45) is 0 Å². The van der Waals surface area contributed by atoms with Crippen molar-refractivity contribution in [2.75, 3.05) is 4.90 Å². The Morgan fingerprint density at radius 1 is 0.895 bits per heavy atom. The van der Waals surface area contributed by atoms with E-state index in [1.165, 1.54) is 4.68 Å². The molecule has 2 aromatic carbocycles. The van der Waals surface area contributed by atoms with Crippen LogP contribution in [0.25, 0.3) is 17.0 Å². The Balaban J connectivity index is 1.80. The molecule has 1 aliphatic heterocycles. The van der Waals surface area contributed by atoms with Gasteiger partial charge in [-0.25, -0.2) is 9.58 Å². The van der Waals surface area contributed by atoms with E-state index in [1.807, 2.05) is 77.1 Å². The lowest BCUT2D eigenvalue weighted by molar-refractivity contribution is -0.577. The lowest BCUT2D eigenvalue weighted by Gasteiger charge is -2.17. The lowest BCUT2D eigenvalue weighted by atomic mass is 10.0. The molecule has 0 aliphatic carbocycles. The molecule has 0 atom stereocenters. The van der Waals surface area contributed by atoms with Gasteiger partial charge in [-0.2, -0.15) is 9.67 Å². The summed E-state index contributed by atoms with van der Waals surface area (Å²) in [7, 11) is 0. The van der Waals surface area contributed by atoms with Crippen LogP contribution in [0.3, 0.4) is 0 Å². The Kier molecular flexibility index (Phi) is 6.45. The van der Waals surface area contributed by atoms with Crippen LogP contribution in [0.4, 0.5) is 5.69 Å². The van der Waals surface area contributed by atoms with Gasteiger partial charge in [0.15, 0.2) is 12.4 Å². The molecule has 7 nitrogen and oxygen atoms in total. The molecular formula is C31H30N4O3. The lowest BCUT2D eigenvalue weighted by Crippen LogP contribution is -2.39. The van der Waals surface area contributed by atoms with Gasteiger partial charge in [0.25, 0.3) is 11.6 Å². The molecule has 2 amide bonds. The van der Waals surface area contributed by atoms with Crippen LogP contribution < -0.4 is 14.6 Å². The predicted octanol–water partition coefficient (Wildman–Crippen LogP) is 4.36. The van der Waals surface area contributed by atoms with E-state index in [9.17, 15) is 14.7 Å². The number of pyridine rings is 1. The van der Waals surface area contributed by atoms with Crippen molar-refractivity contribution in [3.05, 3.63) is 101 Å². The molecule has 0 N–H and O–H groups in total. The molecule has 0 unspecified atom stereocenters. The number of rotatable bonds is 6. The van der Waals surface area contributed by atoms with E-state index in [2.05, 4.69) is 0 Å². The van der Waals surface area contributed by atoms with Gasteiger partial charge in [0, 0.05) is 17.2 Å². The molecule has 1 aliphatic rings. The van der Waals surface area contributed by atoms with E-state index in [1.54, 1.807) is 29.1 Å². The van der Waals surface area contributed by atoms with Crippen molar-refractivity contribution >= 4 is 28.8 Å². The first-order valence-corrected chi connectivity index (χ1v) is 12.8. The zero-order valence-electron chi connectivity index (χ0n) is 22.3. The quantitative estimate of drug-likeness (QED) is 0.287. The van der Waals surface area contributed by atoms with Gasteiger partial charge in [-0.3, -0.25) is 9.59 Å². The first kappa shape index (κ1) is 25.1. The molecule has 3 heterocycles. The molecule has 2 aromatic heterocycles.